The number of hydrogen-bond acceptors (Lipinski definition) is 5. The molecule has 0 aromatic rings. The van der Waals surface area contributed by atoms with Crippen LogP contribution in [-0.2, 0) is 19.0 Å². The van der Waals surface area contributed by atoms with Crippen molar-refractivity contribution in [1.29, 1.82) is 0 Å². The molecule has 1 heterocycles. The van der Waals surface area contributed by atoms with Crippen molar-refractivity contribution in [2.24, 2.45) is 0 Å². The molecule has 5 nitrogen and oxygen atoms in total. The first kappa shape index (κ1) is 35.4. The molecule has 226 valence electrons. The number of ether oxygens (including phenoxy) is 3. The lowest BCUT2D eigenvalue weighted by atomic mass is 10.1. The molecule has 0 amide bonds. The Morgan fingerprint density at radius 1 is 0.737 bits per heavy atom. The van der Waals surface area contributed by atoms with E-state index in [-0.39, 0.29) is 12.1 Å². The number of morpholine rings is 1. The SMILES string of the molecule is CCCCCCCCCCCCCCOC(C)(OC(=O)CCCCCCCCCCC)C1CN(C)CCO1. The Kier molecular flexibility index (Phi) is 22.5. The Labute approximate surface area is 237 Å². The van der Waals surface area contributed by atoms with Crippen molar-refractivity contribution in [2.75, 3.05) is 33.4 Å². The molecule has 0 aromatic carbocycles. The van der Waals surface area contributed by atoms with Gasteiger partial charge in [-0.05, 0) is 19.9 Å². The van der Waals surface area contributed by atoms with E-state index < -0.39 is 5.79 Å². The fraction of sp³-hybridized carbons (Fsp3) is 0.970. The first-order valence-electron chi connectivity index (χ1n) is 16.7. The summed E-state index contributed by atoms with van der Waals surface area (Å²) in [7, 11) is 2.09. The van der Waals surface area contributed by atoms with Gasteiger partial charge in [0.15, 0.2) is 0 Å². The topological polar surface area (TPSA) is 48.0 Å². The van der Waals surface area contributed by atoms with Crippen molar-refractivity contribution < 1.29 is 19.0 Å². The molecule has 0 saturated carbocycles. The molecule has 38 heavy (non-hydrogen) atoms. The Morgan fingerprint density at radius 2 is 1.18 bits per heavy atom. The van der Waals surface area contributed by atoms with Crippen LogP contribution in [0.2, 0.25) is 0 Å². The molecule has 2 atom stereocenters. The van der Waals surface area contributed by atoms with Crippen LogP contribution in [-0.4, -0.2) is 56.1 Å². The molecule has 1 aliphatic rings. The van der Waals surface area contributed by atoms with Crippen LogP contribution in [0.25, 0.3) is 0 Å². The van der Waals surface area contributed by atoms with Crippen molar-refractivity contribution >= 4 is 5.97 Å². The highest BCUT2D eigenvalue weighted by molar-refractivity contribution is 5.69. The van der Waals surface area contributed by atoms with Crippen LogP contribution in [0.3, 0.4) is 0 Å². The van der Waals surface area contributed by atoms with E-state index in [1.165, 1.54) is 116 Å². The zero-order valence-corrected chi connectivity index (χ0v) is 26.0. The minimum absolute atomic E-state index is 0.151. The summed E-state index contributed by atoms with van der Waals surface area (Å²) >= 11 is 0. The van der Waals surface area contributed by atoms with Crippen LogP contribution in [0.15, 0.2) is 0 Å². The van der Waals surface area contributed by atoms with Gasteiger partial charge in [-0.15, -0.1) is 0 Å². The smallest absolute Gasteiger partial charge is 0.308 e. The third kappa shape index (κ3) is 18.6. The third-order valence-electron chi connectivity index (χ3n) is 8.04. The highest BCUT2D eigenvalue weighted by atomic mass is 16.7. The molecular weight excluding hydrogens is 474 g/mol. The quantitative estimate of drug-likeness (QED) is 0.0623. The van der Waals surface area contributed by atoms with Gasteiger partial charge in [0, 0.05) is 26.4 Å². The zero-order valence-electron chi connectivity index (χ0n) is 26.0. The summed E-state index contributed by atoms with van der Waals surface area (Å²) in [5.41, 5.74) is 0. The molecule has 1 aliphatic heterocycles. The van der Waals surface area contributed by atoms with Gasteiger partial charge < -0.3 is 19.1 Å². The molecule has 1 rings (SSSR count). The second-order valence-corrected chi connectivity index (χ2v) is 11.9. The van der Waals surface area contributed by atoms with Gasteiger partial charge in [-0.25, -0.2) is 0 Å². The highest BCUT2D eigenvalue weighted by Crippen LogP contribution is 2.26. The fourth-order valence-electron chi connectivity index (χ4n) is 5.36. The van der Waals surface area contributed by atoms with Crippen LogP contribution >= 0.6 is 0 Å². The lowest BCUT2D eigenvalue weighted by molar-refractivity contribution is -0.279. The van der Waals surface area contributed by atoms with Gasteiger partial charge in [0.1, 0.15) is 6.10 Å². The van der Waals surface area contributed by atoms with Crippen molar-refractivity contribution in [2.45, 2.75) is 174 Å². The Balaban J connectivity index is 2.24. The molecule has 0 aromatic heterocycles. The minimum atomic E-state index is -1.01. The molecule has 5 heteroatoms. The fourth-order valence-corrected chi connectivity index (χ4v) is 5.36. The van der Waals surface area contributed by atoms with Crippen molar-refractivity contribution in [3.05, 3.63) is 0 Å². The van der Waals surface area contributed by atoms with Gasteiger partial charge >= 0.3 is 5.97 Å². The van der Waals surface area contributed by atoms with E-state index in [2.05, 4.69) is 25.8 Å². The van der Waals surface area contributed by atoms with E-state index in [0.29, 0.717) is 19.6 Å². The second kappa shape index (κ2) is 24.2. The monoisotopic (exact) mass is 539 g/mol. The largest absolute Gasteiger partial charge is 0.430 e. The van der Waals surface area contributed by atoms with Gasteiger partial charge in [-0.2, -0.15) is 0 Å². The number of carbonyl (C=O) groups is 1. The molecule has 0 bridgehead atoms. The van der Waals surface area contributed by atoms with E-state index in [9.17, 15) is 4.79 Å². The van der Waals surface area contributed by atoms with Gasteiger partial charge in [0.25, 0.3) is 0 Å². The predicted molar refractivity (Wildman–Crippen MR) is 161 cm³/mol. The van der Waals surface area contributed by atoms with Gasteiger partial charge in [-0.1, -0.05) is 136 Å². The highest BCUT2D eigenvalue weighted by Gasteiger charge is 2.42. The summed E-state index contributed by atoms with van der Waals surface area (Å²) in [5, 5.41) is 0. The predicted octanol–water partition coefficient (Wildman–Crippen LogP) is 9.22. The maximum absolute atomic E-state index is 12.8. The van der Waals surface area contributed by atoms with Crippen LogP contribution in [0.1, 0.15) is 162 Å². The number of rotatable bonds is 26. The summed E-state index contributed by atoms with van der Waals surface area (Å²) in [6.45, 7) is 9.33. The van der Waals surface area contributed by atoms with E-state index in [0.717, 1.165) is 32.4 Å². The number of nitrogens with zero attached hydrogens (tertiary/aromatic N) is 1. The summed E-state index contributed by atoms with van der Waals surface area (Å²) in [4.78, 5) is 15.0. The standard InChI is InChI=1S/C33H65NO4/c1-5-7-9-11-13-15-16-17-19-21-23-25-28-37-33(3,31-30-34(4)27-29-36-31)38-32(35)26-24-22-20-18-14-12-10-8-6-2/h31H,5-30H2,1-4H3. The van der Waals surface area contributed by atoms with E-state index >= 15 is 0 Å². The Hall–Kier alpha value is -0.650. The molecule has 0 radical (unpaired) electrons. The maximum Gasteiger partial charge on any atom is 0.308 e. The van der Waals surface area contributed by atoms with E-state index in [1.54, 1.807) is 0 Å². The lowest BCUT2D eigenvalue weighted by Crippen LogP contribution is -2.55. The number of unbranched alkanes of at least 4 members (excludes halogenated alkanes) is 19. The minimum Gasteiger partial charge on any atom is -0.430 e. The van der Waals surface area contributed by atoms with Gasteiger partial charge in [-0.3, -0.25) is 4.79 Å². The van der Waals surface area contributed by atoms with Gasteiger partial charge in [0.05, 0.1) is 13.2 Å². The summed E-state index contributed by atoms with van der Waals surface area (Å²) in [6.07, 6.45) is 27.2. The number of esters is 1. The van der Waals surface area contributed by atoms with Crippen LogP contribution < -0.4 is 0 Å². The zero-order chi connectivity index (χ0) is 27.7. The molecule has 0 spiro atoms. The van der Waals surface area contributed by atoms with E-state index in [4.69, 9.17) is 14.2 Å². The number of hydrogen-bond donors (Lipinski definition) is 0. The van der Waals surface area contributed by atoms with Crippen molar-refractivity contribution in [3.8, 4) is 0 Å². The molecule has 1 fully saturated rings. The van der Waals surface area contributed by atoms with Crippen LogP contribution in [0.4, 0.5) is 0 Å². The molecular formula is C33H65NO4. The molecule has 1 saturated heterocycles. The normalized spacial score (nSPS) is 17.9. The van der Waals surface area contributed by atoms with Crippen molar-refractivity contribution in [1.82, 2.24) is 4.90 Å². The number of likely N-dealkylation sites (N-methyl/N-ethyl adjacent to an activating group) is 1. The molecule has 2 unspecified atom stereocenters. The summed E-state index contributed by atoms with van der Waals surface area (Å²) in [5.74, 6) is -1.16. The van der Waals surface area contributed by atoms with Crippen molar-refractivity contribution in [3.63, 3.8) is 0 Å². The molecule has 0 aliphatic carbocycles. The van der Waals surface area contributed by atoms with Crippen LogP contribution in [0, 0.1) is 0 Å². The lowest BCUT2D eigenvalue weighted by Gasteiger charge is -2.41. The first-order chi connectivity index (χ1) is 18.5. The Morgan fingerprint density at radius 3 is 1.66 bits per heavy atom. The molecule has 0 N–H and O–H groups in total. The first-order valence-corrected chi connectivity index (χ1v) is 16.7. The van der Waals surface area contributed by atoms with Gasteiger partial charge in [0.2, 0.25) is 5.79 Å². The summed E-state index contributed by atoms with van der Waals surface area (Å²) < 4.78 is 18.3. The average molecular weight is 540 g/mol. The van der Waals surface area contributed by atoms with E-state index in [1.807, 2.05) is 6.92 Å². The second-order valence-electron chi connectivity index (χ2n) is 11.9. The maximum atomic E-state index is 12.8. The number of carbonyl (C=O) groups excluding carboxylic acids is 1. The third-order valence-corrected chi connectivity index (χ3v) is 8.04. The Bertz CT molecular complexity index is 543. The van der Waals surface area contributed by atoms with Crippen LogP contribution in [0.5, 0.6) is 0 Å². The summed E-state index contributed by atoms with van der Waals surface area (Å²) in [6, 6.07) is 0. The average Bonchev–Trinajstić information content (AvgIpc) is 2.90.